The van der Waals surface area contributed by atoms with Gasteiger partial charge in [0.25, 0.3) is 5.69 Å². The first-order valence-corrected chi connectivity index (χ1v) is 6.11. The van der Waals surface area contributed by atoms with Crippen LogP contribution < -0.4 is 16.6 Å². The Bertz CT molecular complexity index is 492. The lowest BCUT2D eigenvalue weighted by molar-refractivity contribution is -0.384. The zero-order valence-corrected chi connectivity index (χ0v) is 11.5. The Morgan fingerprint density at radius 2 is 2.20 bits per heavy atom. The fourth-order valence-corrected chi connectivity index (χ4v) is 1.82. The van der Waals surface area contributed by atoms with Crippen molar-refractivity contribution >= 4 is 17.3 Å². The Balaban J connectivity index is 2.79. The molecule has 1 rings (SSSR count). The number of benzene rings is 1. The van der Waals surface area contributed by atoms with Crippen LogP contribution >= 0.6 is 0 Å². The number of carbonyl (C=O) groups excluding carboxylic acids is 1. The van der Waals surface area contributed by atoms with E-state index in [0.29, 0.717) is 30.8 Å². The fraction of sp³-hybridized carbons (Fsp3) is 0.417. The van der Waals surface area contributed by atoms with Crippen LogP contribution in [-0.2, 0) is 11.3 Å². The van der Waals surface area contributed by atoms with Crippen molar-refractivity contribution < 1.29 is 9.72 Å². The van der Waals surface area contributed by atoms with Crippen molar-refractivity contribution in [2.24, 2.45) is 5.84 Å². The van der Waals surface area contributed by atoms with Crippen LogP contribution in [0.1, 0.15) is 12.0 Å². The summed E-state index contributed by atoms with van der Waals surface area (Å²) in [6.07, 6.45) is 0.368. The third kappa shape index (κ3) is 4.18. The second-order valence-corrected chi connectivity index (χ2v) is 4.37. The van der Waals surface area contributed by atoms with Gasteiger partial charge < -0.3 is 15.6 Å². The quantitative estimate of drug-likeness (QED) is 0.380. The number of nitrogens with one attached hydrogen (secondary N) is 2. The van der Waals surface area contributed by atoms with Gasteiger partial charge in [-0.3, -0.25) is 20.8 Å². The molecule has 1 aromatic rings. The smallest absolute Gasteiger partial charge is 0.293 e. The molecule has 1 aromatic carbocycles. The molecular formula is C12H19N5O3. The van der Waals surface area contributed by atoms with E-state index >= 15 is 0 Å². The standard InChI is InChI=1S/C12H19N5O3/c1-14-11(18)6-7-16(2)8-9-4-3-5-10(17(19)20)12(9)15-13/h3-5,15H,6-8,13H2,1-2H3,(H,14,18). The molecule has 0 heterocycles. The van der Waals surface area contributed by atoms with Crippen LogP contribution in [0.2, 0.25) is 0 Å². The Kier molecular flexibility index (Phi) is 5.88. The number of nitrogens with zero attached hydrogens (tertiary/aromatic N) is 2. The van der Waals surface area contributed by atoms with Crippen LogP contribution in [0.5, 0.6) is 0 Å². The van der Waals surface area contributed by atoms with Gasteiger partial charge in [0.05, 0.1) is 4.92 Å². The van der Waals surface area contributed by atoms with Gasteiger partial charge in [-0.1, -0.05) is 12.1 Å². The van der Waals surface area contributed by atoms with Gasteiger partial charge >= 0.3 is 0 Å². The first-order chi connectivity index (χ1) is 9.49. The van der Waals surface area contributed by atoms with Crippen molar-refractivity contribution in [2.75, 3.05) is 26.1 Å². The number of rotatable bonds is 7. The second kappa shape index (κ2) is 7.41. The van der Waals surface area contributed by atoms with Gasteiger partial charge in [0, 0.05) is 32.6 Å². The number of nitrogen functional groups attached to an aromatic ring is 1. The van der Waals surface area contributed by atoms with Crippen LogP contribution in [0.25, 0.3) is 0 Å². The van der Waals surface area contributed by atoms with Crippen molar-refractivity contribution in [1.29, 1.82) is 0 Å². The minimum atomic E-state index is -0.483. The van der Waals surface area contributed by atoms with E-state index in [1.54, 1.807) is 19.2 Å². The monoisotopic (exact) mass is 281 g/mol. The zero-order chi connectivity index (χ0) is 15.1. The molecule has 0 saturated carbocycles. The molecule has 0 unspecified atom stereocenters. The number of carbonyl (C=O) groups is 1. The highest BCUT2D eigenvalue weighted by molar-refractivity contribution is 5.75. The van der Waals surface area contributed by atoms with Crippen LogP contribution in [0.15, 0.2) is 18.2 Å². The largest absolute Gasteiger partial charge is 0.359 e. The predicted octanol–water partition coefficient (Wildman–Crippen LogP) is 0.448. The Hall–Kier alpha value is -2.19. The topological polar surface area (TPSA) is 114 Å². The van der Waals surface area contributed by atoms with E-state index in [1.807, 2.05) is 11.9 Å². The summed E-state index contributed by atoms with van der Waals surface area (Å²) in [5.41, 5.74) is 3.32. The first kappa shape index (κ1) is 15.9. The van der Waals surface area contributed by atoms with Gasteiger partial charge in [0.1, 0.15) is 5.69 Å². The van der Waals surface area contributed by atoms with E-state index in [0.717, 1.165) is 0 Å². The molecular weight excluding hydrogens is 262 g/mol. The normalized spacial score (nSPS) is 10.4. The summed E-state index contributed by atoms with van der Waals surface area (Å²) < 4.78 is 0. The molecule has 0 aromatic heterocycles. The Morgan fingerprint density at radius 3 is 2.75 bits per heavy atom. The van der Waals surface area contributed by atoms with Gasteiger partial charge in [-0.25, -0.2) is 0 Å². The predicted molar refractivity (Wildman–Crippen MR) is 75.9 cm³/mol. The maximum absolute atomic E-state index is 11.2. The minimum absolute atomic E-state index is 0.0481. The SMILES string of the molecule is CNC(=O)CCN(C)Cc1cccc([N+](=O)[O-])c1NN. The van der Waals surface area contributed by atoms with Gasteiger partial charge in [0.2, 0.25) is 5.91 Å². The molecule has 0 radical (unpaired) electrons. The Labute approximate surface area is 117 Å². The molecule has 110 valence electrons. The number of para-hydroxylation sites is 1. The summed E-state index contributed by atoms with van der Waals surface area (Å²) in [5, 5.41) is 13.5. The lowest BCUT2D eigenvalue weighted by atomic mass is 10.1. The average Bonchev–Trinajstić information content (AvgIpc) is 2.44. The van der Waals surface area contributed by atoms with E-state index in [1.165, 1.54) is 6.07 Å². The second-order valence-electron chi connectivity index (χ2n) is 4.37. The summed E-state index contributed by atoms with van der Waals surface area (Å²) in [6.45, 7) is 1.00. The molecule has 0 spiro atoms. The molecule has 1 amide bonds. The number of hydrogen-bond acceptors (Lipinski definition) is 6. The first-order valence-electron chi connectivity index (χ1n) is 6.11. The van der Waals surface area contributed by atoms with E-state index < -0.39 is 4.92 Å². The molecule has 4 N–H and O–H groups in total. The molecule has 8 nitrogen and oxygen atoms in total. The number of anilines is 1. The lowest BCUT2D eigenvalue weighted by Crippen LogP contribution is -2.26. The van der Waals surface area contributed by atoms with Crippen molar-refractivity contribution in [1.82, 2.24) is 10.2 Å². The maximum atomic E-state index is 11.2. The molecule has 0 aliphatic heterocycles. The number of hydrazine groups is 1. The molecule has 0 saturated heterocycles. The summed E-state index contributed by atoms with van der Waals surface area (Å²) in [4.78, 5) is 23.5. The van der Waals surface area contributed by atoms with Crippen molar-refractivity contribution in [3.8, 4) is 0 Å². The summed E-state index contributed by atoms with van der Waals surface area (Å²) in [5.74, 6) is 5.32. The number of amides is 1. The van der Waals surface area contributed by atoms with Crippen molar-refractivity contribution in [3.05, 3.63) is 33.9 Å². The summed E-state index contributed by atoms with van der Waals surface area (Å²) >= 11 is 0. The van der Waals surface area contributed by atoms with E-state index in [9.17, 15) is 14.9 Å². The van der Waals surface area contributed by atoms with Gasteiger partial charge in [-0.2, -0.15) is 0 Å². The lowest BCUT2D eigenvalue weighted by Gasteiger charge is -2.18. The molecule has 0 aliphatic carbocycles. The molecule has 0 bridgehead atoms. The highest BCUT2D eigenvalue weighted by Gasteiger charge is 2.17. The maximum Gasteiger partial charge on any atom is 0.293 e. The third-order valence-electron chi connectivity index (χ3n) is 2.91. The highest BCUT2D eigenvalue weighted by Crippen LogP contribution is 2.28. The number of nitrogens with two attached hydrogens (primary N) is 1. The molecule has 8 heteroatoms. The molecule has 0 atom stereocenters. The van der Waals surface area contributed by atoms with E-state index in [4.69, 9.17) is 5.84 Å². The third-order valence-corrected chi connectivity index (χ3v) is 2.91. The fourth-order valence-electron chi connectivity index (χ4n) is 1.82. The number of hydrogen-bond donors (Lipinski definition) is 3. The Morgan fingerprint density at radius 1 is 1.50 bits per heavy atom. The van der Waals surface area contributed by atoms with E-state index in [2.05, 4.69) is 10.7 Å². The zero-order valence-electron chi connectivity index (χ0n) is 11.5. The summed E-state index contributed by atoms with van der Waals surface area (Å²) in [7, 11) is 3.42. The molecule has 0 aliphatic rings. The van der Waals surface area contributed by atoms with Crippen molar-refractivity contribution in [3.63, 3.8) is 0 Å². The highest BCUT2D eigenvalue weighted by atomic mass is 16.6. The molecule has 20 heavy (non-hydrogen) atoms. The average molecular weight is 281 g/mol. The van der Waals surface area contributed by atoms with Gasteiger partial charge in [-0.05, 0) is 12.6 Å². The van der Waals surface area contributed by atoms with Gasteiger partial charge in [0.15, 0.2) is 0 Å². The number of nitro benzene ring substituents is 1. The van der Waals surface area contributed by atoms with Crippen LogP contribution in [0, 0.1) is 10.1 Å². The van der Waals surface area contributed by atoms with Crippen LogP contribution in [-0.4, -0.2) is 36.4 Å². The van der Waals surface area contributed by atoms with Crippen molar-refractivity contribution in [2.45, 2.75) is 13.0 Å². The molecule has 0 fully saturated rings. The van der Waals surface area contributed by atoms with Gasteiger partial charge in [-0.15, -0.1) is 0 Å². The van der Waals surface area contributed by atoms with E-state index in [-0.39, 0.29) is 11.6 Å². The minimum Gasteiger partial charge on any atom is -0.359 e. The summed E-state index contributed by atoms with van der Waals surface area (Å²) in [6, 6.07) is 4.77. The van der Waals surface area contributed by atoms with Crippen LogP contribution in [0.3, 0.4) is 0 Å². The number of nitro groups is 1. The van der Waals surface area contributed by atoms with Crippen LogP contribution in [0.4, 0.5) is 11.4 Å².